The molecule has 1 aromatic carbocycles. The summed E-state index contributed by atoms with van der Waals surface area (Å²) in [5, 5.41) is 3.65. The molecule has 0 bridgehead atoms. The van der Waals surface area contributed by atoms with E-state index in [1.807, 2.05) is 0 Å². The maximum absolute atomic E-state index is 3.65. The van der Waals surface area contributed by atoms with E-state index >= 15 is 0 Å². The first-order chi connectivity index (χ1) is 8.31. The molecule has 0 atom stereocenters. The molecule has 3 rings (SSSR count). The van der Waals surface area contributed by atoms with Crippen LogP contribution >= 0.6 is 0 Å². The van der Waals surface area contributed by atoms with Gasteiger partial charge in [0.05, 0.1) is 0 Å². The Morgan fingerprint density at radius 3 is 2.76 bits per heavy atom. The molecule has 1 heteroatoms. The number of hydrogen-bond acceptors (Lipinski definition) is 1. The van der Waals surface area contributed by atoms with Crippen LogP contribution in [-0.4, -0.2) is 6.54 Å². The van der Waals surface area contributed by atoms with Crippen molar-refractivity contribution >= 4 is 0 Å². The molecule has 0 amide bonds. The van der Waals surface area contributed by atoms with Crippen LogP contribution in [0.5, 0.6) is 0 Å². The highest BCUT2D eigenvalue weighted by atomic mass is 14.9. The molecule has 0 aliphatic heterocycles. The van der Waals surface area contributed by atoms with E-state index in [2.05, 4.69) is 30.4 Å². The third-order valence-corrected chi connectivity index (χ3v) is 4.70. The van der Waals surface area contributed by atoms with Gasteiger partial charge in [-0.15, -0.1) is 0 Å². The lowest BCUT2D eigenvalue weighted by Crippen LogP contribution is -2.23. The van der Waals surface area contributed by atoms with Gasteiger partial charge in [0.25, 0.3) is 0 Å². The smallest absolute Gasteiger partial charge is 0.0205 e. The molecule has 0 aromatic heterocycles. The average Bonchev–Trinajstić information content (AvgIpc) is 2.98. The van der Waals surface area contributed by atoms with Gasteiger partial charge in [-0.2, -0.15) is 0 Å². The second-order valence-corrected chi connectivity index (χ2v) is 5.91. The minimum Gasteiger partial charge on any atom is -0.312 e. The fourth-order valence-corrected chi connectivity index (χ4v) is 3.04. The summed E-state index contributed by atoms with van der Waals surface area (Å²) in [4.78, 5) is 0. The van der Waals surface area contributed by atoms with Crippen LogP contribution in [0.15, 0.2) is 18.2 Å². The molecular formula is C16H23N. The van der Waals surface area contributed by atoms with Crippen molar-refractivity contribution in [1.82, 2.24) is 5.32 Å². The van der Waals surface area contributed by atoms with Crippen molar-refractivity contribution in [1.29, 1.82) is 0 Å². The molecule has 1 aromatic rings. The number of hydrogen-bond donors (Lipinski definition) is 1. The Morgan fingerprint density at radius 1 is 1.18 bits per heavy atom. The molecule has 92 valence electrons. The van der Waals surface area contributed by atoms with Crippen molar-refractivity contribution in [2.45, 2.75) is 52.0 Å². The van der Waals surface area contributed by atoms with Gasteiger partial charge in [-0.05, 0) is 60.6 Å². The summed E-state index contributed by atoms with van der Waals surface area (Å²) < 4.78 is 0. The highest BCUT2D eigenvalue weighted by Crippen LogP contribution is 2.47. The van der Waals surface area contributed by atoms with E-state index in [0.717, 1.165) is 6.54 Å². The molecule has 1 saturated carbocycles. The van der Waals surface area contributed by atoms with Gasteiger partial charge in [-0.3, -0.25) is 0 Å². The highest BCUT2D eigenvalue weighted by Gasteiger charge is 2.39. The van der Waals surface area contributed by atoms with Gasteiger partial charge in [0.2, 0.25) is 0 Å². The molecule has 1 N–H and O–H groups in total. The minimum absolute atomic E-state index is 0.663. The molecule has 0 unspecified atom stereocenters. The largest absolute Gasteiger partial charge is 0.312 e. The Hall–Kier alpha value is -0.820. The molecule has 0 spiro atoms. The van der Waals surface area contributed by atoms with Crippen LogP contribution in [0.25, 0.3) is 0 Å². The Labute approximate surface area is 105 Å². The summed E-state index contributed by atoms with van der Waals surface area (Å²) in [6.45, 7) is 4.58. The van der Waals surface area contributed by atoms with Gasteiger partial charge < -0.3 is 5.32 Å². The van der Waals surface area contributed by atoms with Gasteiger partial charge in [0.1, 0.15) is 0 Å². The molecule has 17 heavy (non-hydrogen) atoms. The number of fused-ring (bicyclic) bond motifs is 1. The van der Waals surface area contributed by atoms with Crippen LogP contribution < -0.4 is 5.32 Å². The lowest BCUT2D eigenvalue weighted by molar-refractivity contribution is 0.443. The summed E-state index contributed by atoms with van der Waals surface area (Å²) >= 11 is 0. The zero-order valence-electron chi connectivity index (χ0n) is 10.9. The predicted molar refractivity (Wildman–Crippen MR) is 72.1 cm³/mol. The third-order valence-electron chi connectivity index (χ3n) is 4.70. The van der Waals surface area contributed by atoms with E-state index in [-0.39, 0.29) is 0 Å². The summed E-state index contributed by atoms with van der Waals surface area (Å²) in [7, 11) is 0. The van der Waals surface area contributed by atoms with Gasteiger partial charge >= 0.3 is 0 Å². The normalized spacial score (nSPS) is 20.3. The van der Waals surface area contributed by atoms with Crippen molar-refractivity contribution in [2.75, 3.05) is 6.54 Å². The maximum Gasteiger partial charge on any atom is 0.0205 e. The first-order valence-corrected chi connectivity index (χ1v) is 7.13. The second-order valence-electron chi connectivity index (χ2n) is 5.91. The molecule has 0 radical (unpaired) electrons. The van der Waals surface area contributed by atoms with Gasteiger partial charge in [-0.1, -0.05) is 25.1 Å². The number of rotatable bonds is 5. The molecular weight excluding hydrogens is 206 g/mol. The molecule has 2 aliphatic carbocycles. The second kappa shape index (κ2) is 4.45. The summed E-state index contributed by atoms with van der Waals surface area (Å²) in [6.07, 6.45) is 8.14. The van der Waals surface area contributed by atoms with Crippen molar-refractivity contribution in [3.8, 4) is 0 Å². The van der Waals surface area contributed by atoms with Crippen LogP contribution in [0.4, 0.5) is 0 Å². The topological polar surface area (TPSA) is 12.0 Å². The number of aryl methyl sites for hydroxylation is 2. The summed E-state index contributed by atoms with van der Waals surface area (Å²) in [6, 6.07) is 7.07. The lowest BCUT2D eigenvalue weighted by Gasteiger charge is -2.13. The van der Waals surface area contributed by atoms with Crippen molar-refractivity contribution < 1.29 is 0 Å². The number of nitrogens with one attached hydrogen (secondary N) is 1. The fraction of sp³-hybridized carbons (Fsp3) is 0.625. The Bertz CT molecular complexity index is 404. The van der Waals surface area contributed by atoms with Gasteiger partial charge in [0.15, 0.2) is 0 Å². The summed E-state index contributed by atoms with van der Waals surface area (Å²) in [5.74, 6) is 0. The van der Waals surface area contributed by atoms with E-state index in [9.17, 15) is 0 Å². The maximum atomic E-state index is 3.65. The summed E-state index contributed by atoms with van der Waals surface area (Å²) in [5.41, 5.74) is 5.32. The Balaban J connectivity index is 1.55. The van der Waals surface area contributed by atoms with Crippen LogP contribution in [0.2, 0.25) is 0 Å². The number of benzene rings is 1. The predicted octanol–water partition coefficient (Wildman–Crippen LogP) is 3.46. The van der Waals surface area contributed by atoms with Crippen molar-refractivity contribution in [2.24, 2.45) is 5.41 Å². The minimum atomic E-state index is 0.663. The Kier molecular flexibility index (Phi) is 2.96. The van der Waals surface area contributed by atoms with Crippen LogP contribution in [-0.2, 0) is 19.4 Å². The van der Waals surface area contributed by atoms with Crippen LogP contribution in [0.3, 0.4) is 0 Å². The fourth-order valence-electron chi connectivity index (χ4n) is 3.04. The van der Waals surface area contributed by atoms with Crippen molar-refractivity contribution in [3.05, 3.63) is 34.9 Å². The Morgan fingerprint density at radius 2 is 2.00 bits per heavy atom. The highest BCUT2D eigenvalue weighted by molar-refractivity contribution is 5.35. The van der Waals surface area contributed by atoms with Gasteiger partial charge in [-0.25, -0.2) is 0 Å². The average molecular weight is 229 g/mol. The SMILES string of the molecule is CCC1(CNCc2ccc3c(c2)CCC3)CC1. The molecule has 1 fully saturated rings. The zero-order valence-corrected chi connectivity index (χ0v) is 10.9. The molecule has 1 nitrogen and oxygen atoms in total. The standard InChI is InChI=1S/C16H23N/c1-2-16(8-9-16)12-17-11-13-6-7-14-4-3-5-15(14)10-13/h6-7,10,17H,2-5,8-9,11-12H2,1H3. The molecule has 2 aliphatic rings. The van der Waals surface area contributed by atoms with E-state index in [1.54, 1.807) is 11.1 Å². The first-order valence-electron chi connectivity index (χ1n) is 7.13. The van der Waals surface area contributed by atoms with Crippen LogP contribution in [0.1, 0.15) is 49.3 Å². The molecule has 0 saturated heterocycles. The van der Waals surface area contributed by atoms with Crippen molar-refractivity contribution in [3.63, 3.8) is 0 Å². The van der Waals surface area contributed by atoms with E-state index in [4.69, 9.17) is 0 Å². The lowest BCUT2D eigenvalue weighted by atomic mass is 10.0. The third kappa shape index (κ3) is 2.40. The van der Waals surface area contributed by atoms with Crippen LogP contribution in [0, 0.1) is 5.41 Å². The quantitative estimate of drug-likeness (QED) is 0.815. The monoisotopic (exact) mass is 229 g/mol. The first kappa shape index (κ1) is 11.3. The van der Waals surface area contributed by atoms with E-state index < -0.39 is 0 Å². The van der Waals surface area contributed by atoms with E-state index in [0.29, 0.717) is 5.41 Å². The van der Waals surface area contributed by atoms with Gasteiger partial charge in [0, 0.05) is 13.1 Å². The van der Waals surface area contributed by atoms with E-state index in [1.165, 1.54) is 50.6 Å². The molecule has 0 heterocycles. The zero-order chi connectivity index (χ0) is 11.7.